The molecule has 0 heterocycles. The normalized spacial score (nSPS) is 12.5. The van der Waals surface area contributed by atoms with Crippen molar-refractivity contribution in [3.8, 4) is 11.8 Å². The minimum absolute atomic E-state index is 0.0493. The summed E-state index contributed by atoms with van der Waals surface area (Å²) in [4.78, 5) is 34.4. The van der Waals surface area contributed by atoms with E-state index in [1.807, 2.05) is 27.7 Å². The lowest BCUT2D eigenvalue weighted by atomic mass is 9.94. The van der Waals surface area contributed by atoms with Gasteiger partial charge in [0.05, 0.1) is 23.7 Å². The number of carbonyl (C=O) groups excluding carboxylic acids is 2. The lowest BCUT2D eigenvalue weighted by Crippen LogP contribution is -2.37. The minimum Gasteiger partial charge on any atom is -0.481 e. The molecule has 0 bridgehead atoms. The molecule has 0 spiro atoms. The molecule has 8 nitrogen and oxygen atoms in total. The molecular weight excluding hydrogens is 364 g/mol. The molecule has 8 heteroatoms. The molecule has 0 radical (unpaired) electrons. The average molecular weight is 399 g/mol. The van der Waals surface area contributed by atoms with Gasteiger partial charge in [-0.05, 0) is 54.4 Å². The Kier molecular flexibility index (Phi) is 11.4. The first-order chi connectivity index (χ1) is 12.9. The van der Waals surface area contributed by atoms with E-state index in [1.54, 1.807) is 13.8 Å². The molecule has 0 aliphatic carbocycles. The summed E-state index contributed by atoms with van der Waals surface area (Å²) in [6.07, 6.45) is 1.19. The van der Waals surface area contributed by atoms with Gasteiger partial charge < -0.3 is 25.2 Å². The summed E-state index contributed by atoms with van der Waals surface area (Å²) in [6.45, 7) is 12.0. The van der Waals surface area contributed by atoms with E-state index in [4.69, 9.17) is 14.6 Å². The lowest BCUT2D eigenvalue weighted by Gasteiger charge is -2.29. The Morgan fingerprint density at radius 1 is 1.04 bits per heavy atom. The molecule has 0 saturated carbocycles. The quantitative estimate of drug-likeness (QED) is 0.428. The minimum atomic E-state index is -0.986. The van der Waals surface area contributed by atoms with Crippen molar-refractivity contribution in [3.05, 3.63) is 0 Å². The first kappa shape index (κ1) is 25.9. The van der Waals surface area contributed by atoms with Crippen LogP contribution in [0.2, 0.25) is 0 Å². The Morgan fingerprint density at radius 2 is 1.57 bits per heavy atom. The van der Waals surface area contributed by atoms with Gasteiger partial charge >= 0.3 is 5.97 Å². The Labute approximate surface area is 167 Å². The van der Waals surface area contributed by atoms with Crippen LogP contribution in [0, 0.1) is 17.3 Å². The molecule has 0 rings (SSSR count). The van der Waals surface area contributed by atoms with Gasteiger partial charge in [-0.1, -0.05) is 0 Å². The molecule has 0 saturated heterocycles. The van der Waals surface area contributed by atoms with Crippen LogP contribution in [0.3, 0.4) is 0 Å². The zero-order chi connectivity index (χ0) is 21.8. The lowest BCUT2D eigenvalue weighted by molar-refractivity contribution is -0.154. The fourth-order valence-corrected chi connectivity index (χ4v) is 1.95. The van der Waals surface area contributed by atoms with Crippen LogP contribution >= 0.6 is 0 Å². The number of aliphatic carboxylic acids is 1. The summed E-state index contributed by atoms with van der Waals surface area (Å²) in [5, 5.41) is 14.3. The van der Waals surface area contributed by atoms with Crippen molar-refractivity contribution in [2.75, 3.05) is 26.3 Å². The standard InChI is InChI=1S/C20H34N2O6/c1-7-27-15(2)10-12-21-16(23)8-9-17(24)22-13-11-20(5,6)28-14-19(3,4)18(25)26/h15H,7,10-14H2,1-6H3,(H,21,23)(H,22,24)(H,25,26). The summed E-state index contributed by atoms with van der Waals surface area (Å²) >= 11 is 0. The SMILES string of the molecule is CCOC(C)CCNC(=O)C#CC(=O)NCCC(C)(C)OCC(C)(C)C(=O)O. The predicted octanol–water partition coefficient (Wildman–Crippen LogP) is 1.33. The molecular formula is C20H34N2O6. The Balaban J connectivity index is 4.17. The van der Waals surface area contributed by atoms with Crippen LogP contribution in [-0.2, 0) is 23.9 Å². The van der Waals surface area contributed by atoms with Crippen LogP contribution in [0.1, 0.15) is 54.4 Å². The molecule has 1 unspecified atom stereocenters. The fraction of sp³-hybridized carbons (Fsp3) is 0.750. The maximum Gasteiger partial charge on any atom is 0.311 e. The van der Waals surface area contributed by atoms with E-state index in [0.29, 0.717) is 32.5 Å². The fourth-order valence-electron chi connectivity index (χ4n) is 1.95. The van der Waals surface area contributed by atoms with Crippen molar-refractivity contribution in [1.82, 2.24) is 10.6 Å². The Morgan fingerprint density at radius 3 is 2.07 bits per heavy atom. The topological polar surface area (TPSA) is 114 Å². The van der Waals surface area contributed by atoms with Crippen molar-refractivity contribution in [2.24, 2.45) is 5.41 Å². The number of ether oxygens (including phenoxy) is 2. The van der Waals surface area contributed by atoms with Gasteiger partial charge in [-0.2, -0.15) is 0 Å². The third kappa shape index (κ3) is 12.3. The van der Waals surface area contributed by atoms with E-state index in [2.05, 4.69) is 22.5 Å². The zero-order valence-corrected chi connectivity index (χ0v) is 17.8. The largest absolute Gasteiger partial charge is 0.481 e. The number of carbonyl (C=O) groups is 3. The first-order valence-electron chi connectivity index (χ1n) is 9.46. The summed E-state index contributed by atoms with van der Waals surface area (Å²) in [6, 6.07) is 0. The first-order valence-corrected chi connectivity index (χ1v) is 9.46. The number of rotatable bonds is 12. The van der Waals surface area contributed by atoms with Gasteiger partial charge in [0.2, 0.25) is 0 Å². The van der Waals surface area contributed by atoms with Crippen LogP contribution in [0.25, 0.3) is 0 Å². The van der Waals surface area contributed by atoms with Crippen molar-refractivity contribution < 1.29 is 29.0 Å². The van der Waals surface area contributed by atoms with Crippen LogP contribution in [0.15, 0.2) is 0 Å². The van der Waals surface area contributed by atoms with Crippen LogP contribution in [0.4, 0.5) is 0 Å². The molecule has 0 aliphatic rings. The number of nitrogens with one attached hydrogen (secondary N) is 2. The molecule has 0 fully saturated rings. The van der Waals surface area contributed by atoms with Gasteiger partial charge in [-0.3, -0.25) is 14.4 Å². The van der Waals surface area contributed by atoms with Crippen molar-refractivity contribution in [2.45, 2.75) is 66.1 Å². The number of hydrogen-bond donors (Lipinski definition) is 3. The van der Waals surface area contributed by atoms with Crippen LogP contribution in [-0.4, -0.2) is 60.9 Å². The molecule has 3 N–H and O–H groups in total. The smallest absolute Gasteiger partial charge is 0.311 e. The van der Waals surface area contributed by atoms with Gasteiger partial charge in [0.15, 0.2) is 0 Å². The molecule has 2 amide bonds. The van der Waals surface area contributed by atoms with Gasteiger partial charge in [0, 0.05) is 31.5 Å². The molecule has 0 aromatic carbocycles. The molecule has 28 heavy (non-hydrogen) atoms. The van der Waals surface area contributed by atoms with Crippen molar-refractivity contribution in [3.63, 3.8) is 0 Å². The van der Waals surface area contributed by atoms with E-state index in [0.717, 1.165) is 0 Å². The second-order valence-corrected chi connectivity index (χ2v) is 7.80. The Bertz CT molecular complexity index is 589. The highest BCUT2D eigenvalue weighted by atomic mass is 16.5. The van der Waals surface area contributed by atoms with E-state index in [1.165, 1.54) is 0 Å². The molecule has 0 aromatic rings. The highest BCUT2D eigenvalue weighted by molar-refractivity contribution is 6.02. The summed E-state index contributed by atoms with van der Waals surface area (Å²) in [7, 11) is 0. The van der Waals surface area contributed by atoms with Crippen molar-refractivity contribution >= 4 is 17.8 Å². The summed E-state index contributed by atoms with van der Waals surface area (Å²) in [5.74, 6) is 2.48. The number of hydrogen-bond acceptors (Lipinski definition) is 5. The molecule has 0 aliphatic heterocycles. The van der Waals surface area contributed by atoms with Gasteiger partial charge in [-0.15, -0.1) is 0 Å². The third-order valence-electron chi connectivity index (χ3n) is 3.99. The van der Waals surface area contributed by atoms with E-state index in [9.17, 15) is 14.4 Å². The molecule has 0 aromatic heterocycles. The average Bonchev–Trinajstić information content (AvgIpc) is 2.58. The van der Waals surface area contributed by atoms with Gasteiger partial charge in [0.1, 0.15) is 0 Å². The summed E-state index contributed by atoms with van der Waals surface area (Å²) in [5.41, 5.74) is -1.60. The predicted molar refractivity (Wildman–Crippen MR) is 106 cm³/mol. The summed E-state index contributed by atoms with van der Waals surface area (Å²) < 4.78 is 11.0. The van der Waals surface area contributed by atoms with E-state index < -0.39 is 28.8 Å². The van der Waals surface area contributed by atoms with E-state index >= 15 is 0 Å². The number of carboxylic acid groups (broad SMARTS) is 1. The molecule has 1 atom stereocenters. The van der Waals surface area contributed by atoms with Crippen LogP contribution < -0.4 is 10.6 Å². The Hall–Kier alpha value is -2.11. The molecule has 160 valence electrons. The number of amides is 2. The second kappa shape index (κ2) is 12.4. The highest BCUT2D eigenvalue weighted by Gasteiger charge is 2.30. The number of carboxylic acids is 1. The monoisotopic (exact) mass is 398 g/mol. The third-order valence-corrected chi connectivity index (χ3v) is 3.99. The second-order valence-electron chi connectivity index (χ2n) is 7.80. The highest BCUT2D eigenvalue weighted by Crippen LogP contribution is 2.21. The van der Waals surface area contributed by atoms with Gasteiger partial charge in [-0.25, -0.2) is 0 Å². The van der Waals surface area contributed by atoms with Gasteiger partial charge in [0.25, 0.3) is 11.8 Å². The zero-order valence-electron chi connectivity index (χ0n) is 17.8. The maximum absolute atomic E-state index is 11.7. The van der Waals surface area contributed by atoms with Crippen molar-refractivity contribution in [1.29, 1.82) is 0 Å². The van der Waals surface area contributed by atoms with E-state index in [-0.39, 0.29) is 12.7 Å². The van der Waals surface area contributed by atoms with Crippen LogP contribution in [0.5, 0.6) is 0 Å². The maximum atomic E-state index is 11.7.